The van der Waals surface area contributed by atoms with Crippen LogP contribution in [0.5, 0.6) is 0 Å². The zero-order chi connectivity index (χ0) is 19.3. The van der Waals surface area contributed by atoms with E-state index in [2.05, 4.69) is 42.2 Å². The fourth-order valence-corrected chi connectivity index (χ4v) is 3.15. The summed E-state index contributed by atoms with van der Waals surface area (Å²) >= 11 is 0. The van der Waals surface area contributed by atoms with Gasteiger partial charge in [0, 0.05) is 19.6 Å². The average molecular weight is 368 g/mol. The third kappa shape index (κ3) is 8.53. The molecule has 0 saturated heterocycles. The van der Waals surface area contributed by atoms with Crippen LogP contribution >= 0.6 is 0 Å². The molecule has 1 aliphatic rings. The number of rotatable bonds is 10. The molecule has 146 valence electrons. The number of fused-ring (bicyclic) bond motifs is 1. The summed E-state index contributed by atoms with van der Waals surface area (Å²) in [6.07, 6.45) is 17.7. The molecular weight excluding hydrogens is 334 g/mol. The maximum Gasteiger partial charge on any atom is 0.0758 e. The Morgan fingerprint density at radius 3 is 2.41 bits per heavy atom. The standard InChI is InChI=1S/C24H33NO2/c1-2-3-6-13-23(26)14-7-4-5-8-15-24(27)17-19-25-18-16-21-11-9-10-12-22(21)20-25/h3-12,14-15,23-24,26-27H,2,13,16-20H2,1H3/b5-4-,6-3-,14-7+,15-8+/t23-,24+/m0/s1. The Hall–Kier alpha value is -1.94. The molecule has 1 aliphatic heterocycles. The van der Waals surface area contributed by atoms with Crippen LogP contribution in [-0.4, -0.2) is 40.4 Å². The van der Waals surface area contributed by atoms with Crippen molar-refractivity contribution in [2.45, 2.75) is 51.4 Å². The largest absolute Gasteiger partial charge is 0.389 e. The SMILES string of the molecule is CC/C=C\C[C@H](O)/C=C/C=C\C=C\[C@@H](O)CCN1CCc2ccccc2C1. The first-order chi connectivity index (χ1) is 13.2. The molecule has 3 heteroatoms. The van der Waals surface area contributed by atoms with E-state index in [1.807, 2.05) is 36.5 Å². The molecule has 0 aliphatic carbocycles. The summed E-state index contributed by atoms with van der Waals surface area (Å²) in [6, 6.07) is 8.62. The van der Waals surface area contributed by atoms with Crippen LogP contribution in [-0.2, 0) is 13.0 Å². The van der Waals surface area contributed by atoms with Crippen LogP contribution in [0.4, 0.5) is 0 Å². The monoisotopic (exact) mass is 367 g/mol. The quantitative estimate of drug-likeness (QED) is 0.482. The fourth-order valence-electron chi connectivity index (χ4n) is 3.15. The number of aliphatic hydroxyl groups is 2. The lowest BCUT2D eigenvalue weighted by atomic mass is 10.00. The normalized spacial score (nSPS) is 18.0. The van der Waals surface area contributed by atoms with Gasteiger partial charge in [0.2, 0.25) is 0 Å². The van der Waals surface area contributed by atoms with E-state index < -0.39 is 12.2 Å². The third-order valence-corrected chi connectivity index (χ3v) is 4.73. The van der Waals surface area contributed by atoms with Crippen LogP contribution in [0.25, 0.3) is 0 Å². The summed E-state index contributed by atoms with van der Waals surface area (Å²) in [5.41, 5.74) is 2.87. The van der Waals surface area contributed by atoms with Crippen molar-refractivity contribution in [3.05, 3.63) is 84.0 Å². The van der Waals surface area contributed by atoms with E-state index in [-0.39, 0.29) is 0 Å². The molecule has 0 spiro atoms. The second-order valence-electron chi connectivity index (χ2n) is 6.99. The minimum absolute atomic E-state index is 0.430. The predicted molar refractivity (Wildman–Crippen MR) is 114 cm³/mol. The van der Waals surface area contributed by atoms with Gasteiger partial charge in [-0.15, -0.1) is 0 Å². The van der Waals surface area contributed by atoms with Gasteiger partial charge in [-0.25, -0.2) is 0 Å². The highest BCUT2D eigenvalue weighted by atomic mass is 16.3. The minimum atomic E-state index is -0.443. The number of hydrogen-bond donors (Lipinski definition) is 2. The number of aliphatic hydroxyl groups excluding tert-OH is 2. The summed E-state index contributed by atoms with van der Waals surface area (Å²) in [7, 11) is 0. The Labute approximate surface area is 164 Å². The summed E-state index contributed by atoms with van der Waals surface area (Å²) in [5, 5.41) is 19.9. The zero-order valence-corrected chi connectivity index (χ0v) is 16.4. The molecule has 2 rings (SSSR count). The maximum atomic E-state index is 10.1. The topological polar surface area (TPSA) is 43.7 Å². The second-order valence-corrected chi connectivity index (χ2v) is 6.99. The summed E-state index contributed by atoms with van der Waals surface area (Å²) < 4.78 is 0. The Kier molecular flexibility index (Phi) is 9.85. The van der Waals surface area contributed by atoms with Crippen molar-refractivity contribution in [1.29, 1.82) is 0 Å². The highest BCUT2D eigenvalue weighted by Crippen LogP contribution is 2.18. The van der Waals surface area contributed by atoms with Crippen LogP contribution in [0, 0.1) is 0 Å². The first-order valence-corrected chi connectivity index (χ1v) is 10.0. The molecular formula is C24H33NO2. The number of nitrogens with zero attached hydrogens (tertiary/aromatic N) is 1. The highest BCUT2D eigenvalue weighted by Gasteiger charge is 2.15. The van der Waals surface area contributed by atoms with E-state index in [1.165, 1.54) is 11.1 Å². The molecule has 0 aromatic heterocycles. The zero-order valence-electron chi connectivity index (χ0n) is 16.4. The lowest BCUT2D eigenvalue weighted by Gasteiger charge is -2.29. The van der Waals surface area contributed by atoms with Gasteiger partial charge in [0.25, 0.3) is 0 Å². The molecule has 1 aromatic carbocycles. The molecule has 1 heterocycles. The molecule has 0 amide bonds. The van der Waals surface area contributed by atoms with E-state index in [9.17, 15) is 10.2 Å². The highest BCUT2D eigenvalue weighted by molar-refractivity contribution is 5.29. The summed E-state index contributed by atoms with van der Waals surface area (Å²) in [4.78, 5) is 2.41. The molecule has 0 fully saturated rings. The molecule has 0 bridgehead atoms. The first-order valence-electron chi connectivity index (χ1n) is 10.0. The fraction of sp³-hybridized carbons (Fsp3) is 0.417. The van der Waals surface area contributed by atoms with Gasteiger partial charge in [-0.3, -0.25) is 4.90 Å². The number of benzene rings is 1. The van der Waals surface area contributed by atoms with E-state index in [4.69, 9.17) is 0 Å². The Morgan fingerprint density at radius 2 is 1.67 bits per heavy atom. The molecule has 2 N–H and O–H groups in total. The van der Waals surface area contributed by atoms with Crippen molar-refractivity contribution in [2.24, 2.45) is 0 Å². The molecule has 0 unspecified atom stereocenters. The minimum Gasteiger partial charge on any atom is -0.389 e. The number of hydrogen-bond acceptors (Lipinski definition) is 3. The van der Waals surface area contributed by atoms with Crippen LogP contribution in [0.2, 0.25) is 0 Å². The Morgan fingerprint density at radius 1 is 0.963 bits per heavy atom. The van der Waals surface area contributed by atoms with Crippen LogP contribution < -0.4 is 0 Å². The molecule has 2 atom stereocenters. The Bertz CT molecular complexity index is 660. The number of allylic oxidation sites excluding steroid dienone is 5. The summed E-state index contributed by atoms with van der Waals surface area (Å²) in [6.45, 7) is 5.02. The van der Waals surface area contributed by atoms with Crippen molar-refractivity contribution in [1.82, 2.24) is 4.90 Å². The van der Waals surface area contributed by atoms with Gasteiger partial charge < -0.3 is 10.2 Å². The second kappa shape index (κ2) is 12.4. The van der Waals surface area contributed by atoms with E-state index in [0.29, 0.717) is 6.42 Å². The molecule has 1 aromatic rings. The van der Waals surface area contributed by atoms with Gasteiger partial charge in [-0.1, -0.05) is 79.8 Å². The third-order valence-electron chi connectivity index (χ3n) is 4.73. The molecule has 3 nitrogen and oxygen atoms in total. The van der Waals surface area contributed by atoms with Crippen molar-refractivity contribution >= 4 is 0 Å². The maximum absolute atomic E-state index is 10.1. The van der Waals surface area contributed by atoms with Crippen molar-refractivity contribution < 1.29 is 10.2 Å². The van der Waals surface area contributed by atoms with Gasteiger partial charge in [0.05, 0.1) is 12.2 Å². The van der Waals surface area contributed by atoms with Crippen LogP contribution in [0.3, 0.4) is 0 Å². The van der Waals surface area contributed by atoms with Crippen molar-refractivity contribution in [3.8, 4) is 0 Å². The molecule has 27 heavy (non-hydrogen) atoms. The van der Waals surface area contributed by atoms with E-state index in [1.54, 1.807) is 6.08 Å². The molecule has 0 radical (unpaired) electrons. The van der Waals surface area contributed by atoms with Crippen LogP contribution in [0.1, 0.15) is 37.3 Å². The van der Waals surface area contributed by atoms with Gasteiger partial charge in [-0.2, -0.15) is 0 Å². The van der Waals surface area contributed by atoms with Gasteiger partial charge in [-0.05, 0) is 36.8 Å². The van der Waals surface area contributed by atoms with E-state index >= 15 is 0 Å². The lowest BCUT2D eigenvalue weighted by molar-refractivity contribution is 0.170. The first kappa shape index (κ1) is 21.4. The van der Waals surface area contributed by atoms with Gasteiger partial charge in [0.15, 0.2) is 0 Å². The van der Waals surface area contributed by atoms with E-state index in [0.717, 1.165) is 38.9 Å². The Balaban J connectivity index is 1.64. The van der Waals surface area contributed by atoms with Crippen molar-refractivity contribution in [3.63, 3.8) is 0 Å². The predicted octanol–water partition coefficient (Wildman–Crippen LogP) is 4.18. The smallest absolute Gasteiger partial charge is 0.0758 e. The average Bonchev–Trinajstić information content (AvgIpc) is 2.69. The summed E-state index contributed by atoms with van der Waals surface area (Å²) in [5.74, 6) is 0. The molecule has 0 saturated carbocycles. The lowest BCUT2D eigenvalue weighted by Crippen LogP contribution is -2.32. The van der Waals surface area contributed by atoms with Gasteiger partial charge in [0.1, 0.15) is 0 Å². The van der Waals surface area contributed by atoms with Gasteiger partial charge >= 0.3 is 0 Å². The van der Waals surface area contributed by atoms with Crippen molar-refractivity contribution in [2.75, 3.05) is 13.1 Å². The van der Waals surface area contributed by atoms with Crippen LogP contribution in [0.15, 0.2) is 72.9 Å².